The first-order chi connectivity index (χ1) is 14.5. The van der Waals surface area contributed by atoms with Crippen molar-refractivity contribution >= 4 is 11.9 Å². The van der Waals surface area contributed by atoms with Crippen molar-refractivity contribution in [2.45, 2.75) is 31.2 Å². The normalized spacial score (nSPS) is 21.0. The summed E-state index contributed by atoms with van der Waals surface area (Å²) >= 11 is 0. The Bertz CT molecular complexity index is 892. The highest BCUT2D eigenvalue weighted by Crippen LogP contribution is 2.38. The summed E-state index contributed by atoms with van der Waals surface area (Å²) in [5.41, 5.74) is 0.779. The quantitative estimate of drug-likeness (QED) is 0.816. The second kappa shape index (κ2) is 8.45. The highest BCUT2D eigenvalue weighted by atomic mass is 16.5. The number of benzene rings is 2. The fraction of sp³-hybridized carbons (Fsp3) is 0.391. The van der Waals surface area contributed by atoms with E-state index in [1.807, 2.05) is 18.2 Å². The Kier molecular flexibility index (Phi) is 5.74. The number of hydrogen-bond donors (Lipinski definition) is 1. The SMILES string of the molecule is COc1ccc(C(=O)N2[C@H](C(=O)O)COC23CCN(Cc2ccccc2)CC3)cc1. The first-order valence-electron chi connectivity index (χ1n) is 10.1. The first-order valence-corrected chi connectivity index (χ1v) is 10.1. The van der Waals surface area contributed by atoms with Gasteiger partial charge in [-0.1, -0.05) is 30.3 Å². The maximum absolute atomic E-state index is 13.3. The minimum absolute atomic E-state index is 0.00983. The summed E-state index contributed by atoms with van der Waals surface area (Å²) in [7, 11) is 1.56. The van der Waals surface area contributed by atoms with E-state index < -0.39 is 17.7 Å². The average molecular weight is 410 g/mol. The van der Waals surface area contributed by atoms with E-state index in [1.165, 1.54) is 10.5 Å². The Morgan fingerprint density at radius 1 is 1.10 bits per heavy atom. The van der Waals surface area contributed by atoms with Gasteiger partial charge >= 0.3 is 5.97 Å². The predicted molar refractivity (Wildman–Crippen MR) is 110 cm³/mol. The fourth-order valence-electron chi connectivity index (χ4n) is 4.33. The molecule has 4 rings (SSSR count). The molecule has 0 bridgehead atoms. The summed E-state index contributed by atoms with van der Waals surface area (Å²) in [5, 5.41) is 9.72. The van der Waals surface area contributed by atoms with Gasteiger partial charge in [0.05, 0.1) is 13.7 Å². The van der Waals surface area contributed by atoms with Gasteiger partial charge in [0.2, 0.25) is 0 Å². The van der Waals surface area contributed by atoms with Gasteiger partial charge in [-0.2, -0.15) is 0 Å². The standard InChI is InChI=1S/C23H26N2O5/c1-29-19-9-7-18(8-10-19)21(26)25-20(22(27)28)16-30-23(25)11-13-24(14-12-23)15-17-5-3-2-4-6-17/h2-10,20H,11-16H2,1H3,(H,27,28)/t20-/m0/s1. The molecule has 2 aromatic rings. The molecule has 2 fully saturated rings. The van der Waals surface area contributed by atoms with Gasteiger partial charge in [-0.15, -0.1) is 0 Å². The number of amides is 1. The molecule has 7 heteroatoms. The molecule has 1 spiro atoms. The minimum atomic E-state index is -1.04. The lowest BCUT2D eigenvalue weighted by Gasteiger charge is -2.44. The van der Waals surface area contributed by atoms with E-state index in [4.69, 9.17) is 9.47 Å². The second-order valence-electron chi connectivity index (χ2n) is 7.78. The number of ether oxygens (including phenoxy) is 2. The third-order valence-electron chi connectivity index (χ3n) is 5.99. The van der Waals surface area contributed by atoms with Crippen LogP contribution >= 0.6 is 0 Å². The summed E-state index contributed by atoms with van der Waals surface area (Å²) in [6.07, 6.45) is 1.15. The molecule has 1 atom stereocenters. The van der Waals surface area contributed by atoms with Crippen LogP contribution in [-0.4, -0.2) is 65.4 Å². The van der Waals surface area contributed by atoms with E-state index in [9.17, 15) is 14.7 Å². The summed E-state index contributed by atoms with van der Waals surface area (Å²) in [4.78, 5) is 29.0. The maximum atomic E-state index is 13.3. The van der Waals surface area contributed by atoms with Crippen molar-refractivity contribution in [3.63, 3.8) is 0 Å². The van der Waals surface area contributed by atoms with Crippen molar-refractivity contribution in [1.82, 2.24) is 9.80 Å². The van der Waals surface area contributed by atoms with Gasteiger partial charge in [0.25, 0.3) is 5.91 Å². The number of piperidine rings is 1. The molecule has 0 aromatic heterocycles. The largest absolute Gasteiger partial charge is 0.497 e. The van der Waals surface area contributed by atoms with Crippen LogP contribution in [0, 0.1) is 0 Å². The number of likely N-dealkylation sites (tertiary alicyclic amines) is 1. The van der Waals surface area contributed by atoms with Crippen molar-refractivity contribution in [1.29, 1.82) is 0 Å². The molecule has 2 aliphatic heterocycles. The van der Waals surface area contributed by atoms with Crippen LogP contribution in [0.5, 0.6) is 5.75 Å². The fourth-order valence-corrected chi connectivity index (χ4v) is 4.33. The summed E-state index contributed by atoms with van der Waals surface area (Å²) in [6.45, 7) is 2.29. The third kappa shape index (κ3) is 3.91. The Hall–Kier alpha value is -2.90. The van der Waals surface area contributed by atoms with Crippen molar-refractivity contribution < 1.29 is 24.2 Å². The Labute approximate surface area is 175 Å². The molecule has 30 heavy (non-hydrogen) atoms. The Morgan fingerprint density at radius 3 is 2.37 bits per heavy atom. The lowest BCUT2D eigenvalue weighted by atomic mass is 9.96. The van der Waals surface area contributed by atoms with Crippen LogP contribution < -0.4 is 4.74 Å². The van der Waals surface area contributed by atoms with E-state index in [1.54, 1.807) is 31.4 Å². The Balaban J connectivity index is 1.52. The average Bonchev–Trinajstić information content (AvgIpc) is 3.15. The van der Waals surface area contributed by atoms with Crippen LogP contribution in [0.3, 0.4) is 0 Å². The Morgan fingerprint density at radius 2 is 1.77 bits per heavy atom. The van der Waals surface area contributed by atoms with Crippen molar-refractivity contribution in [2.24, 2.45) is 0 Å². The van der Waals surface area contributed by atoms with Crippen LogP contribution in [0.15, 0.2) is 54.6 Å². The monoisotopic (exact) mass is 410 g/mol. The zero-order chi connectivity index (χ0) is 21.1. The lowest BCUT2D eigenvalue weighted by Crippen LogP contribution is -2.58. The van der Waals surface area contributed by atoms with E-state index in [2.05, 4.69) is 17.0 Å². The zero-order valence-electron chi connectivity index (χ0n) is 17.0. The molecule has 1 amide bonds. The van der Waals surface area contributed by atoms with Crippen LogP contribution in [0.1, 0.15) is 28.8 Å². The lowest BCUT2D eigenvalue weighted by molar-refractivity contribution is -0.144. The number of nitrogens with zero attached hydrogens (tertiary/aromatic N) is 2. The van der Waals surface area contributed by atoms with Gasteiger partial charge in [0.1, 0.15) is 11.5 Å². The number of aliphatic carboxylic acids is 1. The number of carbonyl (C=O) groups is 2. The van der Waals surface area contributed by atoms with Crippen molar-refractivity contribution in [3.8, 4) is 5.75 Å². The highest BCUT2D eigenvalue weighted by Gasteiger charge is 2.54. The molecule has 2 aliphatic rings. The van der Waals surface area contributed by atoms with E-state index in [-0.39, 0.29) is 12.5 Å². The third-order valence-corrected chi connectivity index (χ3v) is 5.99. The molecule has 2 heterocycles. The molecule has 158 valence electrons. The van der Waals surface area contributed by atoms with Crippen LogP contribution in [-0.2, 0) is 16.1 Å². The number of carboxylic acids is 1. The molecule has 2 saturated heterocycles. The highest BCUT2D eigenvalue weighted by molar-refractivity contribution is 5.97. The molecule has 7 nitrogen and oxygen atoms in total. The summed E-state index contributed by atoms with van der Waals surface area (Å²) in [5.74, 6) is -0.720. The maximum Gasteiger partial charge on any atom is 0.328 e. The van der Waals surface area contributed by atoms with Crippen LogP contribution in [0.25, 0.3) is 0 Å². The number of rotatable bonds is 5. The number of carbonyl (C=O) groups excluding carboxylic acids is 1. The van der Waals surface area contributed by atoms with Gasteiger partial charge in [0, 0.05) is 38.0 Å². The molecular weight excluding hydrogens is 384 g/mol. The second-order valence-corrected chi connectivity index (χ2v) is 7.78. The first kappa shape index (κ1) is 20.4. The molecule has 2 aromatic carbocycles. The van der Waals surface area contributed by atoms with Crippen molar-refractivity contribution in [3.05, 3.63) is 65.7 Å². The van der Waals surface area contributed by atoms with E-state index in [0.29, 0.717) is 24.2 Å². The number of hydrogen-bond acceptors (Lipinski definition) is 5. The number of carboxylic acid groups (broad SMARTS) is 1. The van der Waals surface area contributed by atoms with E-state index >= 15 is 0 Å². The molecular formula is C23H26N2O5. The topological polar surface area (TPSA) is 79.3 Å². The molecule has 0 radical (unpaired) electrons. The smallest absolute Gasteiger partial charge is 0.328 e. The molecule has 0 aliphatic carbocycles. The van der Waals surface area contributed by atoms with E-state index in [0.717, 1.165) is 19.6 Å². The van der Waals surface area contributed by atoms with Crippen LogP contribution in [0.2, 0.25) is 0 Å². The van der Waals surface area contributed by atoms with Gasteiger partial charge in [0.15, 0.2) is 6.04 Å². The van der Waals surface area contributed by atoms with Gasteiger partial charge in [-0.05, 0) is 29.8 Å². The minimum Gasteiger partial charge on any atom is -0.497 e. The zero-order valence-corrected chi connectivity index (χ0v) is 17.0. The predicted octanol–water partition coefficient (Wildman–Crippen LogP) is 2.61. The van der Waals surface area contributed by atoms with Crippen LogP contribution in [0.4, 0.5) is 0 Å². The molecule has 1 N–H and O–H groups in total. The summed E-state index contributed by atoms with van der Waals surface area (Å²) in [6, 6.07) is 16.0. The number of methoxy groups -OCH3 is 1. The van der Waals surface area contributed by atoms with Gasteiger partial charge in [-0.3, -0.25) is 14.6 Å². The van der Waals surface area contributed by atoms with Crippen molar-refractivity contribution in [2.75, 3.05) is 26.8 Å². The summed E-state index contributed by atoms with van der Waals surface area (Å²) < 4.78 is 11.2. The molecule has 0 unspecified atom stereocenters. The van der Waals surface area contributed by atoms with Gasteiger partial charge < -0.3 is 14.6 Å². The van der Waals surface area contributed by atoms with Gasteiger partial charge in [-0.25, -0.2) is 4.79 Å². The molecule has 0 saturated carbocycles.